The molecule has 0 saturated carbocycles. The summed E-state index contributed by atoms with van der Waals surface area (Å²) in [5, 5.41) is 9.16. The SMILES string of the molecule is CCc1nc(N2CCN(C)CC2)cc(C)c1C#N. The van der Waals surface area contributed by atoms with E-state index in [2.05, 4.69) is 34.8 Å². The summed E-state index contributed by atoms with van der Waals surface area (Å²) in [4.78, 5) is 9.30. The molecule has 0 atom stereocenters. The number of anilines is 1. The van der Waals surface area contributed by atoms with Crippen molar-refractivity contribution in [3.63, 3.8) is 0 Å². The molecule has 1 fully saturated rings. The van der Waals surface area contributed by atoms with Crippen molar-refractivity contribution >= 4 is 5.82 Å². The predicted molar refractivity (Wildman–Crippen MR) is 72.8 cm³/mol. The highest BCUT2D eigenvalue weighted by molar-refractivity contribution is 5.50. The number of pyridine rings is 1. The lowest BCUT2D eigenvalue weighted by Gasteiger charge is -2.33. The minimum atomic E-state index is 0.746. The number of aryl methyl sites for hydroxylation is 2. The first-order valence-electron chi connectivity index (χ1n) is 6.49. The molecule has 0 spiro atoms. The molecule has 0 bridgehead atoms. The van der Waals surface area contributed by atoms with Crippen LogP contribution in [0.5, 0.6) is 0 Å². The highest BCUT2D eigenvalue weighted by atomic mass is 15.3. The molecule has 96 valence electrons. The molecule has 2 heterocycles. The number of aromatic nitrogens is 1. The Bertz CT molecular complexity index is 467. The van der Waals surface area contributed by atoms with E-state index in [1.165, 1.54) is 0 Å². The van der Waals surface area contributed by atoms with Gasteiger partial charge in [0.05, 0.1) is 11.3 Å². The molecule has 0 radical (unpaired) electrons. The van der Waals surface area contributed by atoms with Gasteiger partial charge in [0.2, 0.25) is 0 Å². The van der Waals surface area contributed by atoms with Crippen molar-refractivity contribution in [1.29, 1.82) is 5.26 Å². The maximum Gasteiger partial charge on any atom is 0.129 e. The van der Waals surface area contributed by atoms with Gasteiger partial charge >= 0.3 is 0 Å². The van der Waals surface area contributed by atoms with E-state index in [4.69, 9.17) is 5.26 Å². The molecule has 0 N–H and O–H groups in total. The fraction of sp³-hybridized carbons (Fsp3) is 0.571. The van der Waals surface area contributed by atoms with Gasteiger partial charge in [0.15, 0.2) is 0 Å². The second-order valence-corrected chi connectivity index (χ2v) is 4.87. The number of nitriles is 1. The van der Waals surface area contributed by atoms with E-state index in [0.717, 1.165) is 55.2 Å². The van der Waals surface area contributed by atoms with Crippen LogP contribution in [0.2, 0.25) is 0 Å². The summed E-state index contributed by atoms with van der Waals surface area (Å²) in [5.74, 6) is 1.02. The molecular weight excluding hydrogens is 224 g/mol. The largest absolute Gasteiger partial charge is 0.354 e. The molecule has 1 aromatic heterocycles. The maximum absolute atomic E-state index is 9.16. The quantitative estimate of drug-likeness (QED) is 0.792. The van der Waals surface area contributed by atoms with Crippen LogP contribution in [0.4, 0.5) is 5.82 Å². The zero-order valence-corrected chi connectivity index (χ0v) is 11.4. The van der Waals surface area contributed by atoms with Crippen LogP contribution in [0, 0.1) is 18.3 Å². The lowest BCUT2D eigenvalue weighted by Crippen LogP contribution is -2.44. The molecule has 0 unspecified atom stereocenters. The molecule has 4 nitrogen and oxygen atoms in total. The lowest BCUT2D eigenvalue weighted by molar-refractivity contribution is 0.312. The molecule has 4 heteroatoms. The molecule has 18 heavy (non-hydrogen) atoms. The number of likely N-dealkylation sites (N-methyl/N-ethyl adjacent to an activating group) is 1. The number of piperazine rings is 1. The van der Waals surface area contributed by atoms with E-state index in [1.54, 1.807) is 0 Å². The fourth-order valence-electron chi connectivity index (χ4n) is 2.33. The zero-order chi connectivity index (χ0) is 13.1. The van der Waals surface area contributed by atoms with Gasteiger partial charge in [-0.3, -0.25) is 0 Å². The van der Waals surface area contributed by atoms with Crippen LogP contribution in [0.3, 0.4) is 0 Å². The van der Waals surface area contributed by atoms with Crippen molar-refractivity contribution in [3.8, 4) is 6.07 Å². The molecule has 1 aliphatic heterocycles. The molecule has 0 amide bonds. The van der Waals surface area contributed by atoms with Crippen LogP contribution in [0.25, 0.3) is 0 Å². The predicted octanol–water partition coefficient (Wildman–Crippen LogP) is 1.58. The third-order valence-corrected chi connectivity index (χ3v) is 3.55. The van der Waals surface area contributed by atoms with Gasteiger partial charge in [-0.1, -0.05) is 6.92 Å². The maximum atomic E-state index is 9.16. The number of hydrogen-bond acceptors (Lipinski definition) is 4. The normalized spacial score (nSPS) is 16.7. The Morgan fingerprint density at radius 1 is 1.33 bits per heavy atom. The Labute approximate surface area is 109 Å². The van der Waals surface area contributed by atoms with Crippen molar-refractivity contribution in [1.82, 2.24) is 9.88 Å². The number of nitrogens with zero attached hydrogens (tertiary/aromatic N) is 4. The van der Waals surface area contributed by atoms with Crippen molar-refractivity contribution < 1.29 is 0 Å². The van der Waals surface area contributed by atoms with E-state index in [1.807, 2.05) is 13.0 Å². The van der Waals surface area contributed by atoms with Crippen LogP contribution in [-0.4, -0.2) is 43.1 Å². The summed E-state index contributed by atoms with van der Waals surface area (Å²) >= 11 is 0. The van der Waals surface area contributed by atoms with Crippen LogP contribution in [0.1, 0.15) is 23.7 Å². The molecule has 1 saturated heterocycles. The third kappa shape index (κ3) is 2.46. The highest BCUT2D eigenvalue weighted by Crippen LogP contribution is 2.20. The van der Waals surface area contributed by atoms with Crippen LogP contribution < -0.4 is 4.90 Å². The molecular formula is C14H20N4. The topological polar surface area (TPSA) is 43.2 Å². The minimum absolute atomic E-state index is 0.746. The van der Waals surface area contributed by atoms with Crippen LogP contribution in [-0.2, 0) is 6.42 Å². The summed E-state index contributed by atoms with van der Waals surface area (Å²) in [6.45, 7) is 8.22. The zero-order valence-electron chi connectivity index (χ0n) is 11.4. The Balaban J connectivity index is 2.29. The van der Waals surface area contributed by atoms with Crippen molar-refractivity contribution in [2.24, 2.45) is 0 Å². The van der Waals surface area contributed by atoms with Gasteiger partial charge in [-0.25, -0.2) is 4.98 Å². The highest BCUT2D eigenvalue weighted by Gasteiger charge is 2.17. The van der Waals surface area contributed by atoms with E-state index in [0.29, 0.717) is 0 Å². The van der Waals surface area contributed by atoms with Gasteiger partial charge in [0.25, 0.3) is 0 Å². The second kappa shape index (κ2) is 5.36. The standard InChI is InChI=1S/C14H20N4/c1-4-13-12(10-15)11(2)9-14(16-13)18-7-5-17(3)6-8-18/h9H,4-8H2,1-3H3. The van der Waals surface area contributed by atoms with E-state index in [9.17, 15) is 0 Å². The Kier molecular flexibility index (Phi) is 3.83. The monoisotopic (exact) mass is 244 g/mol. The molecule has 1 aromatic rings. The van der Waals surface area contributed by atoms with Crippen molar-refractivity contribution in [2.75, 3.05) is 38.1 Å². The second-order valence-electron chi connectivity index (χ2n) is 4.87. The van der Waals surface area contributed by atoms with Crippen molar-refractivity contribution in [2.45, 2.75) is 20.3 Å². The minimum Gasteiger partial charge on any atom is -0.354 e. The molecule has 0 aliphatic carbocycles. The summed E-state index contributed by atoms with van der Waals surface area (Å²) in [6.07, 6.45) is 0.811. The number of rotatable bonds is 2. The summed E-state index contributed by atoms with van der Waals surface area (Å²) < 4.78 is 0. The number of hydrogen-bond donors (Lipinski definition) is 0. The first kappa shape index (κ1) is 12.8. The first-order chi connectivity index (χ1) is 8.65. The smallest absolute Gasteiger partial charge is 0.129 e. The Morgan fingerprint density at radius 2 is 2.00 bits per heavy atom. The summed E-state index contributed by atoms with van der Waals surface area (Å²) in [5.41, 5.74) is 2.71. The molecule has 2 rings (SSSR count). The van der Waals surface area contributed by atoms with Gasteiger partial charge < -0.3 is 9.80 Å². The summed E-state index contributed by atoms with van der Waals surface area (Å²) in [6, 6.07) is 4.31. The van der Waals surface area contributed by atoms with Crippen LogP contribution >= 0.6 is 0 Å². The molecule has 0 aromatic carbocycles. The van der Waals surface area contributed by atoms with Gasteiger partial charge in [-0.15, -0.1) is 0 Å². The average molecular weight is 244 g/mol. The first-order valence-corrected chi connectivity index (χ1v) is 6.49. The van der Waals surface area contributed by atoms with E-state index < -0.39 is 0 Å². The Hall–Kier alpha value is -1.60. The van der Waals surface area contributed by atoms with E-state index >= 15 is 0 Å². The average Bonchev–Trinajstić information content (AvgIpc) is 2.38. The fourth-order valence-corrected chi connectivity index (χ4v) is 2.33. The van der Waals surface area contributed by atoms with Gasteiger partial charge in [0, 0.05) is 26.2 Å². The van der Waals surface area contributed by atoms with Gasteiger partial charge in [0.1, 0.15) is 11.9 Å². The van der Waals surface area contributed by atoms with E-state index in [-0.39, 0.29) is 0 Å². The van der Waals surface area contributed by atoms with Crippen LogP contribution in [0.15, 0.2) is 6.07 Å². The molecule has 1 aliphatic rings. The summed E-state index contributed by atoms with van der Waals surface area (Å²) in [7, 11) is 2.15. The van der Waals surface area contributed by atoms with Crippen molar-refractivity contribution in [3.05, 3.63) is 22.9 Å². The Morgan fingerprint density at radius 3 is 2.56 bits per heavy atom. The lowest BCUT2D eigenvalue weighted by atomic mass is 10.1. The van der Waals surface area contributed by atoms with Gasteiger partial charge in [-0.05, 0) is 32.0 Å². The third-order valence-electron chi connectivity index (χ3n) is 3.55. The van der Waals surface area contributed by atoms with Gasteiger partial charge in [-0.2, -0.15) is 5.26 Å².